The maximum Gasteiger partial charge on any atom is 0.255 e. The molecule has 2 heterocycles. The first-order valence-corrected chi connectivity index (χ1v) is 8.08. The average Bonchev–Trinajstić information content (AvgIpc) is 3.01. The maximum atomic E-state index is 12.2. The first-order chi connectivity index (χ1) is 12.2. The summed E-state index contributed by atoms with van der Waals surface area (Å²) in [5, 5.41) is 5.58. The van der Waals surface area contributed by atoms with Crippen molar-refractivity contribution in [1.29, 1.82) is 0 Å². The summed E-state index contributed by atoms with van der Waals surface area (Å²) in [6, 6.07) is 21.6. The minimum Gasteiger partial charge on any atom is -0.272 e. The second kappa shape index (κ2) is 6.28. The fraction of sp³-hybridized carbons (Fsp3) is 0.100. The van der Waals surface area contributed by atoms with Gasteiger partial charge in [0.05, 0.1) is 17.8 Å². The number of nitrogens with zero attached hydrogens (tertiary/aromatic N) is 4. The molecule has 0 unspecified atom stereocenters. The summed E-state index contributed by atoms with van der Waals surface area (Å²) in [7, 11) is 0. The number of aromatic nitrogens is 2. The van der Waals surface area contributed by atoms with E-state index >= 15 is 0 Å². The third kappa shape index (κ3) is 3.04. The molecule has 1 amide bonds. The lowest BCUT2D eigenvalue weighted by Crippen LogP contribution is -2.22. The predicted molar refractivity (Wildman–Crippen MR) is 98.1 cm³/mol. The van der Waals surface area contributed by atoms with Gasteiger partial charge in [-0.2, -0.15) is 10.1 Å². The van der Waals surface area contributed by atoms with Crippen molar-refractivity contribution in [3.8, 4) is 22.5 Å². The summed E-state index contributed by atoms with van der Waals surface area (Å²) >= 11 is 0. The summed E-state index contributed by atoms with van der Waals surface area (Å²) in [5.41, 5.74) is 4.22. The van der Waals surface area contributed by atoms with Gasteiger partial charge < -0.3 is 0 Å². The van der Waals surface area contributed by atoms with E-state index in [4.69, 9.17) is 0 Å². The van der Waals surface area contributed by atoms with Crippen LogP contribution in [0.15, 0.2) is 71.8 Å². The van der Waals surface area contributed by atoms with Crippen LogP contribution in [0.2, 0.25) is 0 Å². The summed E-state index contributed by atoms with van der Waals surface area (Å²) in [6.45, 7) is 1.83. The van der Waals surface area contributed by atoms with Crippen LogP contribution in [0.5, 0.6) is 0 Å². The van der Waals surface area contributed by atoms with Crippen molar-refractivity contribution in [3.05, 3.63) is 66.7 Å². The van der Waals surface area contributed by atoms with Gasteiger partial charge in [0.2, 0.25) is 0 Å². The number of rotatable bonds is 3. The van der Waals surface area contributed by atoms with E-state index in [0.717, 1.165) is 28.2 Å². The molecule has 3 aromatic rings. The Morgan fingerprint density at radius 3 is 1.80 bits per heavy atom. The van der Waals surface area contributed by atoms with Crippen LogP contribution in [0, 0.1) is 0 Å². The number of carbonyl (C=O) groups excluding carboxylic acids is 1. The minimum atomic E-state index is -0.110. The van der Waals surface area contributed by atoms with Crippen LogP contribution < -0.4 is 5.01 Å². The molecule has 0 saturated heterocycles. The molecule has 2 aromatic carbocycles. The molecule has 5 nitrogen and oxygen atoms in total. The molecule has 4 rings (SSSR count). The number of hydrogen-bond donors (Lipinski definition) is 0. The van der Waals surface area contributed by atoms with Gasteiger partial charge in [-0.25, -0.2) is 9.97 Å². The highest BCUT2D eigenvalue weighted by molar-refractivity contribution is 6.11. The SMILES string of the molecule is CC1=NN(c2nc(-c3ccccc3)cc(-c3ccccc3)n2)C(=O)C1. The number of carbonyl (C=O) groups is 1. The molecular weight excluding hydrogens is 312 g/mol. The van der Waals surface area contributed by atoms with Gasteiger partial charge in [0.15, 0.2) is 0 Å². The zero-order chi connectivity index (χ0) is 17.2. The predicted octanol–water partition coefficient (Wildman–Crippen LogP) is 3.92. The summed E-state index contributed by atoms with van der Waals surface area (Å²) < 4.78 is 0. The van der Waals surface area contributed by atoms with Crippen molar-refractivity contribution in [3.63, 3.8) is 0 Å². The van der Waals surface area contributed by atoms with E-state index in [1.54, 1.807) is 0 Å². The lowest BCUT2D eigenvalue weighted by atomic mass is 10.1. The molecule has 0 spiro atoms. The Labute approximate surface area is 145 Å². The molecule has 0 N–H and O–H groups in total. The third-order valence-corrected chi connectivity index (χ3v) is 3.96. The molecule has 0 radical (unpaired) electrons. The molecule has 5 heteroatoms. The van der Waals surface area contributed by atoms with Gasteiger partial charge in [-0.15, -0.1) is 0 Å². The van der Waals surface area contributed by atoms with Gasteiger partial charge in [0.25, 0.3) is 11.9 Å². The van der Waals surface area contributed by atoms with Crippen LogP contribution in [0.25, 0.3) is 22.5 Å². The van der Waals surface area contributed by atoms with Gasteiger partial charge >= 0.3 is 0 Å². The summed E-state index contributed by atoms with van der Waals surface area (Å²) in [5.74, 6) is 0.198. The number of amides is 1. The average molecular weight is 328 g/mol. The quantitative estimate of drug-likeness (QED) is 0.732. The van der Waals surface area contributed by atoms with Crippen LogP contribution in [-0.4, -0.2) is 21.6 Å². The zero-order valence-corrected chi connectivity index (χ0v) is 13.8. The van der Waals surface area contributed by atoms with Crippen molar-refractivity contribution in [2.45, 2.75) is 13.3 Å². The Kier molecular flexibility index (Phi) is 3.82. The van der Waals surface area contributed by atoms with E-state index in [9.17, 15) is 4.79 Å². The first kappa shape index (κ1) is 15.2. The Balaban J connectivity index is 1.88. The molecule has 1 aliphatic rings. The van der Waals surface area contributed by atoms with Crippen molar-refractivity contribution < 1.29 is 4.79 Å². The van der Waals surface area contributed by atoms with Crippen LogP contribution in [-0.2, 0) is 4.79 Å². The molecule has 0 saturated carbocycles. The highest BCUT2D eigenvalue weighted by Crippen LogP contribution is 2.27. The Morgan fingerprint density at radius 2 is 1.36 bits per heavy atom. The van der Waals surface area contributed by atoms with Gasteiger partial charge in [-0.05, 0) is 13.0 Å². The lowest BCUT2D eigenvalue weighted by Gasteiger charge is -2.13. The second-order valence-corrected chi connectivity index (χ2v) is 5.89. The van der Waals surface area contributed by atoms with E-state index in [-0.39, 0.29) is 5.91 Å². The van der Waals surface area contributed by atoms with Gasteiger partial charge in [0, 0.05) is 16.8 Å². The van der Waals surface area contributed by atoms with Crippen LogP contribution in [0.1, 0.15) is 13.3 Å². The molecule has 122 valence electrons. The highest BCUT2D eigenvalue weighted by atomic mass is 16.2. The summed E-state index contributed by atoms with van der Waals surface area (Å²) in [6.07, 6.45) is 0.305. The highest BCUT2D eigenvalue weighted by Gasteiger charge is 2.26. The van der Waals surface area contributed by atoms with Gasteiger partial charge in [-0.3, -0.25) is 4.79 Å². The fourth-order valence-electron chi connectivity index (χ4n) is 2.75. The van der Waals surface area contributed by atoms with E-state index in [2.05, 4.69) is 15.1 Å². The second-order valence-electron chi connectivity index (χ2n) is 5.89. The van der Waals surface area contributed by atoms with Crippen molar-refractivity contribution in [2.75, 3.05) is 5.01 Å². The smallest absolute Gasteiger partial charge is 0.255 e. The van der Waals surface area contributed by atoms with Crippen LogP contribution >= 0.6 is 0 Å². The molecule has 0 bridgehead atoms. The standard InChI is InChI=1S/C20H16N4O/c1-14-12-19(25)24(23-14)20-21-17(15-8-4-2-5-9-15)13-18(22-20)16-10-6-3-7-11-16/h2-11,13H,12H2,1H3. The number of benzene rings is 2. The molecule has 0 aliphatic carbocycles. The lowest BCUT2D eigenvalue weighted by molar-refractivity contribution is -0.117. The molecular formula is C20H16N4O. The Morgan fingerprint density at radius 1 is 0.840 bits per heavy atom. The van der Waals surface area contributed by atoms with Gasteiger partial charge in [-0.1, -0.05) is 60.7 Å². The summed E-state index contributed by atoms with van der Waals surface area (Å²) in [4.78, 5) is 21.4. The zero-order valence-electron chi connectivity index (χ0n) is 13.8. The van der Waals surface area contributed by atoms with Gasteiger partial charge in [0.1, 0.15) is 0 Å². The Bertz CT molecular complexity index is 894. The van der Waals surface area contributed by atoms with Crippen LogP contribution in [0.4, 0.5) is 5.95 Å². The van der Waals surface area contributed by atoms with E-state index in [0.29, 0.717) is 12.4 Å². The van der Waals surface area contributed by atoms with Crippen molar-refractivity contribution >= 4 is 17.6 Å². The number of anilines is 1. The number of hydrogen-bond acceptors (Lipinski definition) is 4. The largest absolute Gasteiger partial charge is 0.272 e. The fourth-order valence-corrected chi connectivity index (χ4v) is 2.75. The van der Waals surface area contributed by atoms with E-state index < -0.39 is 0 Å². The van der Waals surface area contributed by atoms with Crippen molar-refractivity contribution in [1.82, 2.24) is 9.97 Å². The molecule has 0 fully saturated rings. The maximum absolute atomic E-state index is 12.2. The molecule has 0 atom stereocenters. The van der Waals surface area contributed by atoms with Crippen molar-refractivity contribution in [2.24, 2.45) is 5.10 Å². The monoisotopic (exact) mass is 328 g/mol. The van der Waals surface area contributed by atoms with Crippen LogP contribution in [0.3, 0.4) is 0 Å². The normalized spacial score (nSPS) is 13.9. The topological polar surface area (TPSA) is 58.5 Å². The van der Waals surface area contributed by atoms with E-state index in [1.165, 1.54) is 5.01 Å². The van der Waals surface area contributed by atoms with E-state index in [1.807, 2.05) is 73.7 Å². The molecule has 1 aliphatic heterocycles. The molecule has 1 aromatic heterocycles. The number of hydrazone groups is 1. The third-order valence-electron chi connectivity index (χ3n) is 3.96. The minimum absolute atomic E-state index is 0.110. The first-order valence-electron chi connectivity index (χ1n) is 8.08. The Hall–Kier alpha value is -3.34. The molecule has 25 heavy (non-hydrogen) atoms.